The Kier molecular flexibility index (Phi) is 3.87. The van der Waals surface area contributed by atoms with Gasteiger partial charge in [-0.3, -0.25) is 4.79 Å². The molecule has 22 heavy (non-hydrogen) atoms. The smallest absolute Gasteiger partial charge is 0.332 e. The number of likely N-dealkylation sites (tertiary alicyclic amines) is 1. The van der Waals surface area contributed by atoms with E-state index in [9.17, 15) is 9.59 Å². The van der Waals surface area contributed by atoms with Crippen molar-refractivity contribution in [2.75, 3.05) is 13.1 Å². The molecule has 2 heterocycles. The summed E-state index contributed by atoms with van der Waals surface area (Å²) in [5.41, 5.74) is 9.71. The lowest BCUT2D eigenvalue weighted by atomic mass is 9.93. The SMILES string of the molecule is Cc1c(C(=O)N2CCCC2)oc2c1/C(=N/NC(N)=O)CCC2. The predicted octanol–water partition coefficient (Wildman–Crippen LogP) is 1.53. The van der Waals surface area contributed by atoms with Gasteiger partial charge in [-0.2, -0.15) is 5.10 Å². The summed E-state index contributed by atoms with van der Waals surface area (Å²) in [4.78, 5) is 25.2. The van der Waals surface area contributed by atoms with E-state index < -0.39 is 6.03 Å². The van der Waals surface area contributed by atoms with Gasteiger partial charge in [-0.15, -0.1) is 0 Å². The van der Waals surface area contributed by atoms with Crippen molar-refractivity contribution >= 4 is 17.6 Å². The van der Waals surface area contributed by atoms with Gasteiger partial charge in [0.1, 0.15) is 5.76 Å². The van der Waals surface area contributed by atoms with Gasteiger partial charge in [0.25, 0.3) is 5.91 Å². The fourth-order valence-corrected chi connectivity index (χ4v) is 3.17. The lowest BCUT2D eigenvalue weighted by molar-refractivity contribution is 0.0758. The Morgan fingerprint density at radius 3 is 2.64 bits per heavy atom. The predicted molar refractivity (Wildman–Crippen MR) is 80.8 cm³/mol. The van der Waals surface area contributed by atoms with E-state index in [-0.39, 0.29) is 5.91 Å². The first-order valence-electron chi connectivity index (χ1n) is 7.62. The van der Waals surface area contributed by atoms with Crippen LogP contribution in [-0.2, 0) is 6.42 Å². The number of carbonyl (C=O) groups is 2. The van der Waals surface area contributed by atoms with Crippen LogP contribution in [0.25, 0.3) is 0 Å². The van der Waals surface area contributed by atoms with Gasteiger partial charge in [0.15, 0.2) is 5.76 Å². The van der Waals surface area contributed by atoms with Crippen LogP contribution in [0.2, 0.25) is 0 Å². The molecule has 0 spiro atoms. The number of fused-ring (bicyclic) bond motifs is 1. The van der Waals surface area contributed by atoms with Crippen LogP contribution >= 0.6 is 0 Å². The molecule has 0 radical (unpaired) electrons. The highest BCUT2D eigenvalue weighted by molar-refractivity contribution is 6.06. The molecular formula is C15H20N4O3. The zero-order valence-electron chi connectivity index (χ0n) is 12.6. The number of furan rings is 1. The monoisotopic (exact) mass is 304 g/mol. The summed E-state index contributed by atoms with van der Waals surface area (Å²) < 4.78 is 5.83. The van der Waals surface area contributed by atoms with Crippen molar-refractivity contribution in [2.24, 2.45) is 10.8 Å². The van der Waals surface area contributed by atoms with Gasteiger partial charge >= 0.3 is 6.03 Å². The fourth-order valence-electron chi connectivity index (χ4n) is 3.17. The Morgan fingerprint density at radius 1 is 1.23 bits per heavy atom. The quantitative estimate of drug-likeness (QED) is 0.810. The minimum atomic E-state index is -0.700. The second-order valence-corrected chi connectivity index (χ2v) is 5.74. The number of hydrazone groups is 1. The number of nitrogens with one attached hydrogen (secondary N) is 1. The fraction of sp³-hybridized carbons (Fsp3) is 0.533. The first-order valence-corrected chi connectivity index (χ1v) is 7.62. The van der Waals surface area contributed by atoms with Gasteiger partial charge in [0, 0.05) is 30.6 Å². The van der Waals surface area contributed by atoms with Gasteiger partial charge in [0.2, 0.25) is 0 Å². The summed E-state index contributed by atoms with van der Waals surface area (Å²) in [5, 5.41) is 4.06. The lowest BCUT2D eigenvalue weighted by Gasteiger charge is -2.13. The summed E-state index contributed by atoms with van der Waals surface area (Å²) in [5.74, 6) is 1.13. The van der Waals surface area contributed by atoms with Crippen molar-refractivity contribution in [2.45, 2.75) is 39.0 Å². The highest BCUT2D eigenvalue weighted by atomic mass is 16.4. The highest BCUT2D eigenvalue weighted by Gasteiger charge is 2.30. The maximum absolute atomic E-state index is 12.6. The normalized spacial score (nSPS) is 19.3. The maximum Gasteiger partial charge on any atom is 0.332 e. The van der Waals surface area contributed by atoms with Crippen LogP contribution in [-0.4, -0.2) is 35.6 Å². The number of hydrogen-bond acceptors (Lipinski definition) is 4. The van der Waals surface area contributed by atoms with Crippen LogP contribution < -0.4 is 11.2 Å². The molecule has 118 valence electrons. The number of primary amides is 1. The molecule has 1 aromatic heterocycles. The second-order valence-electron chi connectivity index (χ2n) is 5.74. The molecule has 1 aliphatic carbocycles. The van der Waals surface area contributed by atoms with Gasteiger partial charge in [-0.25, -0.2) is 10.2 Å². The number of aryl methyl sites for hydroxylation is 1. The van der Waals surface area contributed by atoms with E-state index >= 15 is 0 Å². The van der Waals surface area contributed by atoms with Crippen LogP contribution in [0.4, 0.5) is 4.79 Å². The van der Waals surface area contributed by atoms with Crippen molar-refractivity contribution in [1.29, 1.82) is 0 Å². The van der Waals surface area contributed by atoms with Crippen molar-refractivity contribution in [3.05, 3.63) is 22.6 Å². The Hall–Kier alpha value is -2.31. The van der Waals surface area contributed by atoms with Crippen LogP contribution in [0.1, 0.15) is 53.1 Å². The number of hydrogen-bond donors (Lipinski definition) is 2. The number of urea groups is 1. The van der Waals surface area contributed by atoms with Crippen molar-refractivity contribution in [3.8, 4) is 0 Å². The zero-order valence-corrected chi connectivity index (χ0v) is 12.6. The number of nitrogens with zero attached hydrogens (tertiary/aromatic N) is 2. The maximum atomic E-state index is 12.6. The average molecular weight is 304 g/mol. The zero-order chi connectivity index (χ0) is 15.7. The molecule has 1 fully saturated rings. The van der Waals surface area contributed by atoms with Gasteiger partial charge < -0.3 is 15.1 Å². The van der Waals surface area contributed by atoms with E-state index in [1.165, 1.54) is 0 Å². The number of nitrogens with two attached hydrogens (primary N) is 1. The molecule has 0 aromatic carbocycles. The molecule has 1 saturated heterocycles. The van der Waals surface area contributed by atoms with E-state index in [1.807, 2.05) is 11.8 Å². The molecule has 0 bridgehead atoms. The van der Waals surface area contributed by atoms with Crippen LogP contribution in [0.15, 0.2) is 9.52 Å². The van der Waals surface area contributed by atoms with Gasteiger partial charge in [0.05, 0.1) is 5.71 Å². The molecule has 3 rings (SSSR count). The summed E-state index contributed by atoms with van der Waals surface area (Å²) in [7, 11) is 0. The Bertz CT molecular complexity index is 641. The Morgan fingerprint density at radius 2 is 1.95 bits per heavy atom. The number of amides is 3. The van der Waals surface area contributed by atoms with Crippen LogP contribution in [0.5, 0.6) is 0 Å². The van der Waals surface area contributed by atoms with Crippen LogP contribution in [0.3, 0.4) is 0 Å². The second kappa shape index (κ2) is 5.82. The summed E-state index contributed by atoms with van der Waals surface area (Å²) >= 11 is 0. The average Bonchev–Trinajstić information content (AvgIpc) is 3.13. The highest BCUT2D eigenvalue weighted by Crippen LogP contribution is 2.31. The lowest BCUT2D eigenvalue weighted by Crippen LogP contribution is -2.28. The topological polar surface area (TPSA) is 101 Å². The molecule has 0 saturated carbocycles. The van der Waals surface area contributed by atoms with E-state index in [0.717, 1.165) is 67.8 Å². The van der Waals surface area contributed by atoms with Crippen LogP contribution in [0, 0.1) is 6.92 Å². The third-order valence-corrected chi connectivity index (χ3v) is 4.21. The molecule has 2 aliphatic rings. The molecule has 0 unspecified atom stereocenters. The number of rotatable bonds is 2. The Balaban J connectivity index is 1.94. The molecule has 7 nitrogen and oxygen atoms in total. The van der Waals surface area contributed by atoms with Crippen molar-refractivity contribution in [3.63, 3.8) is 0 Å². The van der Waals surface area contributed by atoms with E-state index in [2.05, 4.69) is 10.5 Å². The minimum absolute atomic E-state index is 0.0494. The molecule has 3 amide bonds. The van der Waals surface area contributed by atoms with Gasteiger partial charge in [-0.1, -0.05) is 0 Å². The third kappa shape index (κ3) is 2.58. The molecule has 3 N–H and O–H groups in total. The molecule has 0 atom stereocenters. The summed E-state index contributed by atoms with van der Waals surface area (Å²) in [6, 6.07) is -0.700. The summed E-state index contributed by atoms with van der Waals surface area (Å²) in [6.07, 6.45) is 4.46. The van der Waals surface area contributed by atoms with E-state index in [1.54, 1.807) is 0 Å². The van der Waals surface area contributed by atoms with E-state index in [4.69, 9.17) is 10.2 Å². The Labute approximate surface area is 128 Å². The molecule has 1 aromatic rings. The first kappa shape index (κ1) is 14.6. The largest absolute Gasteiger partial charge is 0.455 e. The van der Waals surface area contributed by atoms with E-state index in [0.29, 0.717) is 5.76 Å². The minimum Gasteiger partial charge on any atom is -0.455 e. The summed E-state index contributed by atoms with van der Waals surface area (Å²) in [6.45, 7) is 3.44. The van der Waals surface area contributed by atoms with Crippen molar-refractivity contribution < 1.29 is 14.0 Å². The standard InChI is InChI=1S/C15H20N4O3/c1-9-12-10(17-18-15(16)21)5-4-6-11(12)22-13(9)14(20)19-7-2-3-8-19/h2-8H2,1H3,(H3,16,18,21)/b17-10+. The molecule has 7 heteroatoms. The third-order valence-electron chi connectivity index (χ3n) is 4.21. The first-order chi connectivity index (χ1) is 10.6. The molecular weight excluding hydrogens is 284 g/mol. The van der Waals surface area contributed by atoms with Gasteiger partial charge in [-0.05, 0) is 32.6 Å². The molecule has 1 aliphatic heterocycles. The van der Waals surface area contributed by atoms with Crippen molar-refractivity contribution in [1.82, 2.24) is 10.3 Å². The number of carbonyl (C=O) groups excluding carboxylic acids is 2.